The fourth-order valence-electron chi connectivity index (χ4n) is 3.16. The summed E-state index contributed by atoms with van der Waals surface area (Å²) in [6.45, 7) is 3.95. The first-order chi connectivity index (χ1) is 9.34. The molecule has 1 heterocycles. The minimum atomic E-state index is -0.170. The lowest BCUT2D eigenvalue weighted by Gasteiger charge is -2.20. The van der Waals surface area contributed by atoms with Crippen molar-refractivity contribution in [2.75, 3.05) is 4.90 Å². The molecule has 1 aliphatic carbocycles. The molecule has 0 spiro atoms. The smallest absolute Gasteiger partial charge is 0.238 e. The second-order valence-corrected chi connectivity index (χ2v) is 6.62. The topological polar surface area (TPSA) is 63.4 Å². The summed E-state index contributed by atoms with van der Waals surface area (Å²) < 4.78 is 0. The Hall–Kier alpha value is -1.75. The quantitative estimate of drug-likeness (QED) is 0.678. The van der Waals surface area contributed by atoms with Crippen molar-refractivity contribution in [3.05, 3.63) is 29.8 Å². The van der Waals surface area contributed by atoms with Crippen LogP contribution in [0.4, 0.5) is 5.69 Å². The molecule has 1 aromatic rings. The predicted molar refractivity (Wildman–Crippen MR) is 80.2 cm³/mol. The highest BCUT2D eigenvalue weighted by atomic mass is 32.1. The molecule has 0 aromatic heterocycles. The van der Waals surface area contributed by atoms with E-state index in [1.54, 1.807) is 12.1 Å². The highest BCUT2D eigenvalue weighted by molar-refractivity contribution is 7.80. The lowest BCUT2D eigenvalue weighted by molar-refractivity contribution is -0.125. The first-order valence-corrected chi connectivity index (χ1v) is 7.00. The van der Waals surface area contributed by atoms with E-state index < -0.39 is 0 Å². The third-order valence-corrected chi connectivity index (χ3v) is 4.52. The molecular weight excluding hydrogens is 272 g/mol. The van der Waals surface area contributed by atoms with Crippen molar-refractivity contribution >= 4 is 34.7 Å². The molecule has 2 atom stereocenters. The van der Waals surface area contributed by atoms with Crippen molar-refractivity contribution in [1.82, 2.24) is 0 Å². The van der Waals surface area contributed by atoms with Crippen molar-refractivity contribution in [1.29, 1.82) is 0 Å². The van der Waals surface area contributed by atoms with Crippen LogP contribution in [0.2, 0.25) is 0 Å². The fraction of sp³-hybridized carbons (Fsp3) is 0.400. The van der Waals surface area contributed by atoms with Crippen LogP contribution in [0.15, 0.2) is 24.3 Å². The molecule has 0 radical (unpaired) electrons. The van der Waals surface area contributed by atoms with Crippen LogP contribution >= 0.6 is 12.2 Å². The Morgan fingerprint density at radius 2 is 1.70 bits per heavy atom. The van der Waals surface area contributed by atoms with Crippen molar-refractivity contribution < 1.29 is 9.59 Å². The molecule has 1 aliphatic heterocycles. The summed E-state index contributed by atoms with van der Waals surface area (Å²) in [6.07, 6.45) is 0.524. The SMILES string of the molecule is CC1(C)C2C(=O)N(c3ccc(CC(N)=S)cc3)C(=O)C21. The molecule has 1 saturated carbocycles. The Morgan fingerprint density at radius 1 is 1.20 bits per heavy atom. The maximum absolute atomic E-state index is 12.3. The highest BCUT2D eigenvalue weighted by Gasteiger charge is 2.72. The van der Waals surface area contributed by atoms with Gasteiger partial charge >= 0.3 is 0 Å². The van der Waals surface area contributed by atoms with Gasteiger partial charge in [0.15, 0.2) is 0 Å². The van der Waals surface area contributed by atoms with Gasteiger partial charge in [-0.3, -0.25) is 14.5 Å². The molecule has 3 rings (SSSR count). The zero-order chi connectivity index (χ0) is 14.7. The van der Waals surface area contributed by atoms with Gasteiger partial charge < -0.3 is 5.73 Å². The van der Waals surface area contributed by atoms with Crippen LogP contribution in [0.5, 0.6) is 0 Å². The fourth-order valence-corrected chi connectivity index (χ4v) is 3.33. The third-order valence-electron chi connectivity index (χ3n) is 4.37. The summed E-state index contributed by atoms with van der Waals surface area (Å²) in [5, 5.41) is 0. The van der Waals surface area contributed by atoms with Crippen molar-refractivity contribution in [3.8, 4) is 0 Å². The number of carbonyl (C=O) groups is 2. The molecule has 20 heavy (non-hydrogen) atoms. The standard InChI is InChI=1S/C15H16N2O2S/c1-15(2)11-12(15)14(19)17(13(11)18)9-5-3-8(4-6-9)7-10(16)20/h3-6,11-12H,7H2,1-2H3,(H2,16,20). The van der Waals surface area contributed by atoms with E-state index in [0.717, 1.165) is 5.56 Å². The molecule has 0 bridgehead atoms. The molecule has 2 aliphatic rings. The zero-order valence-electron chi connectivity index (χ0n) is 11.4. The second-order valence-electron chi connectivity index (χ2n) is 6.10. The van der Waals surface area contributed by atoms with Gasteiger partial charge in [0.05, 0.1) is 22.5 Å². The number of hydrogen-bond donors (Lipinski definition) is 1. The maximum atomic E-state index is 12.3. The second kappa shape index (κ2) is 4.12. The number of thiocarbonyl (C=S) groups is 1. The van der Waals surface area contributed by atoms with Gasteiger partial charge in [-0.1, -0.05) is 38.2 Å². The predicted octanol–water partition coefficient (Wildman–Crippen LogP) is 1.66. The minimum Gasteiger partial charge on any atom is -0.393 e. The molecule has 104 valence electrons. The van der Waals surface area contributed by atoms with Gasteiger partial charge in [0.25, 0.3) is 0 Å². The summed E-state index contributed by atoms with van der Waals surface area (Å²) in [5.41, 5.74) is 6.94. The number of amides is 2. The van der Waals surface area contributed by atoms with Gasteiger partial charge in [-0.25, -0.2) is 0 Å². The first kappa shape index (κ1) is 13.2. The van der Waals surface area contributed by atoms with Crippen LogP contribution in [0, 0.1) is 17.3 Å². The van der Waals surface area contributed by atoms with Gasteiger partial charge in [-0.15, -0.1) is 0 Å². The summed E-state index contributed by atoms with van der Waals surface area (Å²) in [7, 11) is 0. The van der Waals surface area contributed by atoms with Crippen LogP contribution < -0.4 is 10.6 Å². The molecule has 4 nitrogen and oxygen atoms in total. The molecule has 1 aromatic carbocycles. The van der Waals surface area contributed by atoms with Crippen molar-refractivity contribution in [2.24, 2.45) is 23.0 Å². The number of carbonyl (C=O) groups excluding carboxylic acids is 2. The zero-order valence-corrected chi connectivity index (χ0v) is 12.2. The first-order valence-electron chi connectivity index (χ1n) is 6.59. The molecule has 2 fully saturated rings. The monoisotopic (exact) mass is 288 g/mol. The highest BCUT2D eigenvalue weighted by Crippen LogP contribution is 2.63. The Balaban J connectivity index is 1.83. The number of nitrogens with two attached hydrogens (primary N) is 1. The summed E-state index contributed by atoms with van der Waals surface area (Å²) in [6, 6.07) is 7.26. The lowest BCUT2D eigenvalue weighted by Crippen LogP contribution is -2.36. The largest absolute Gasteiger partial charge is 0.393 e. The number of anilines is 1. The van der Waals surface area contributed by atoms with Crippen molar-refractivity contribution in [3.63, 3.8) is 0 Å². The van der Waals surface area contributed by atoms with E-state index in [0.29, 0.717) is 17.1 Å². The van der Waals surface area contributed by atoms with E-state index in [4.69, 9.17) is 18.0 Å². The van der Waals surface area contributed by atoms with E-state index in [1.807, 2.05) is 26.0 Å². The number of benzene rings is 1. The van der Waals surface area contributed by atoms with Crippen molar-refractivity contribution in [2.45, 2.75) is 20.3 Å². The van der Waals surface area contributed by atoms with Gasteiger partial charge in [0, 0.05) is 6.42 Å². The van der Waals surface area contributed by atoms with E-state index in [2.05, 4.69) is 0 Å². The van der Waals surface area contributed by atoms with Crippen LogP contribution in [0.1, 0.15) is 19.4 Å². The average Bonchev–Trinajstić information content (AvgIpc) is 2.81. The molecule has 1 saturated heterocycles. The molecule has 2 unspecified atom stereocenters. The van der Waals surface area contributed by atoms with Crippen LogP contribution in [-0.4, -0.2) is 16.8 Å². The number of rotatable bonds is 3. The Morgan fingerprint density at radius 3 is 2.15 bits per heavy atom. The van der Waals surface area contributed by atoms with E-state index in [-0.39, 0.29) is 29.1 Å². The average molecular weight is 288 g/mol. The van der Waals surface area contributed by atoms with Crippen LogP contribution in [0.25, 0.3) is 0 Å². The normalized spacial score (nSPS) is 26.6. The Labute approximate surface area is 122 Å². The third kappa shape index (κ3) is 1.77. The molecule has 2 amide bonds. The number of hydrogen-bond acceptors (Lipinski definition) is 3. The van der Waals surface area contributed by atoms with E-state index in [9.17, 15) is 9.59 Å². The lowest BCUT2D eigenvalue weighted by atomic mass is 10.0. The summed E-state index contributed by atoms with van der Waals surface area (Å²) in [5.74, 6) is -0.447. The van der Waals surface area contributed by atoms with E-state index >= 15 is 0 Å². The number of nitrogens with zero attached hydrogens (tertiary/aromatic N) is 1. The Bertz CT molecular complexity index is 597. The minimum absolute atomic E-state index is 0.0768. The number of imide groups is 1. The van der Waals surface area contributed by atoms with Gasteiger partial charge in [-0.05, 0) is 23.1 Å². The number of piperidine rings is 1. The molecule has 2 N–H and O–H groups in total. The maximum Gasteiger partial charge on any atom is 0.238 e. The number of fused-ring (bicyclic) bond motifs is 1. The van der Waals surface area contributed by atoms with E-state index in [1.165, 1.54) is 4.90 Å². The van der Waals surface area contributed by atoms with Gasteiger partial charge in [0.2, 0.25) is 11.8 Å². The summed E-state index contributed by atoms with van der Waals surface area (Å²) >= 11 is 4.86. The van der Waals surface area contributed by atoms with Crippen LogP contribution in [0.3, 0.4) is 0 Å². The van der Waals surface area contributed by atoms with Gasteiger partial charge in [-0.2, -0.15) is 0 Å². The Kier molecular flexibility index (Phi) is 2.73. The van der Waals surface area contributed by atoms with Gasteiger partial charge in [0.1, 0.15) is 0 Å². The molecule has 5 heteroatoms. The molecular formula is C15H16N2O2S. The van der Waals surface area contributed by atoms with Crippen LogP contribution in [-0.2, 0) is 16.0 Å². The summed E-state index contributed by atoms with van der Waals surface area (Å²) in [4.78, 5) is 26.3.